The van der Waals surface area contributed by atoms with Gasteiger partial charge in [-0.3, -0.25) is 0 Å². The van der Waals surface area contributed by atoms with Crippen LogP contribution < -0.4 is 4.74 Å². The van der Waals surface area contributed by atoms with Gasteiger partial charge in [0.05, 0.1) is 7.11 Å². The summed E-state index contributed by atoms with van der Waals surface area (Å²) in [5.41, 5.74) is 2.47. The predicted octanol–water partition coefficient (Wildman–Crippen LogP) is 3.58. The lowest BCUT2D eigenvalue weighted by Gasteiger charge is -2.07. The summed E-state index contributed by atoms with van der Waals surface area (Å²) in [5.74, 6) is 0.885. The highest BCUT2D eigenvalue weighted by Gasteiger charge is 2.10. The highest BCUT2D eigenvalue weighted by atomic mass is 16.5. The zero-order chi connectivity index (χ0) is 13.9. The number of fused-ring (bicyclic) bond motifs is 3. The SMILES string of the molecule is COc1ccc2c(c1)c1ccccc1n2CCCCO. The summed E-state index contributed by atoms with van der Waals surface area (Å²) in [6, 6.07) is 14.7. The second-order valence-electron chi connectivity index (χ2n) is 4.98. The molecule has 2 aromatic carbocycles. The minimum absolute atomic E-state index is 0.255. The molecule has 104 valence electrons. The van der Waals surface area contributed by atoms with Crippen LogP contribution in [0.15, 0.2) is 42.5 Å². The summed E-state index contributed by atoms with van der Waals surface area (Å²) in [7, 11) is 1.70. The lowest BCUT2D eigenvalue weighted by Crippen LogP contribution is -1.98. The van der Waals surface area contributed by atoms with Crippen LogP contribution in [-0.4, -0.2) is 23.4 Å². The second kappa shape index (κ2) is 5.55. The lowest BCUT2D eigenvalue weighted by molar-refractivity contribution is 0.282. The predicted molar refractivity (Wildman–Crippen MR) is 82.3 cm³/mol. The first-order chi connectivity index (χ1) is 9.85. The number of aliphatic hydroxyl groups excluding tert-OH is 1. The van der Waals surface area contributed by atoms with Gasteiger partial charge in [0.25, 0.3) is 0 Å². The van der Waals surface area contributed by atoms with Crippen molar-refractivity contribution >= 4 is 21.8 Å². The van der Waals surface area contributed by atoms with Gasteiger partial charge in [-0.25, -0.2) is 0 Å². The number of ether oxygens (including phenoxy) is 1. The highest BCUT2D eigenvalue weighted by molar-refractivity contribution is 6.08. The second-order valence-corrected chi connectivity index (χ2v) is 4.98. The fraction of sp³-hybridized carbons (Fsp3) is 0.294. The van der Waals surface area contributed by atoms with Crippen LogP contribution in [0.5, 0.6) is 5.75 Å². The molecule has 0 saturated heterocycles. The van der Waals surface area contributed by atoms with Crippen LogP contribution in [0.2, 0.25) is 0 Å². The van der Waals surface area contributed by atoms with E-state index in [0.29, 0.717) is 0 Å². The molecule has 0 bridgehead atoms. The van der Waals surface area contributed by atoms with Crippen LogP contribution in [0.3, 0.4) is 0 Å². The molecule has 3 rings (SSSR count). The summed E-state index contributed by atoms with van der Waals surface area (Å²) in [6.07, 6.45) is 1.82. The summed E-state index contributed by atoms with van der Waals surface area (Å²) < 4.78 is 7.67. The lowest BCUT2D eigenvalue weighted by atomic mass is 10.1. The Morgan fingerprint density at radius 1 is 1.00 bits per heavy atom. The topological polar surface area (TPSA) is 34.4 Å². The van der Waals surface area contributed by atoms with E-state index in [-0.39, 0.29) is 6.61 Å². The van der Waals surface area contributed by atoms with Crippen LogP contribution in [0, 0.1) is 0 Å². The highest BCUT2D eigenvalue weighted by Crippen LogP contribution is 2.31. The summed E-state index contributed by atoms with van der Waals surface area (Å²) in [6.45, 7) is 1.18. The van der Waals surface area contributed by atoms with Crippen LogP contribution >= 0.6 is 0 Å². The summed E-state index contributed by atoms with van der Waals surface area (Å²) in [4.78, 5) is 0. The van der Waals surface area contributed by atoms with Gasteiger partial charge in [-0.2, -0.15) is 0 Å². The number of nitrogens with zero attached hydrogens (tertiary/aromatic N) is 1. The van der Waals surface area contributed by atoms with Crippen LogP contribution in [-0.2, 0) is 6.54 Å². The molecule has 0 unspecified atom stereocenters. The molecule has 1 aromatic heterocycles. The number of para-hydroxylation sites is 1. The van der Waals surface area contributed by atoms with E-state index in [1.54, 1.807) is 7.11 Å². The molecule has 20 heavy (non-hydrogen) atoms. The molecule has 0 spiro atoms. The molecular weight excluding hydrogens is 250 g/mol. The minimum atomic E-state index is 0.255. The van der Waals surface area contributed by atoms with E-state index in [0.717, 1.165) is 25.1 Å². The van der Waals surface area contributed by atoms with E-state index in [4.69, 9.17) is 9.84 Å². The standard InChI is InChI=1S/C17H19NO2/c1-20-13-8-9-17-15(12-13)14-6-2-3-7-16(14)18(17)10-4-5-11-19/h2-3,6-9,12,19H,4-5,10-11H2,1H3. The van der Waals surface area contributed by atoms with E-state index in [1.807, 2.05) is 6.07 Å². The van der Waals surface area contributed by atoms with Crippen molar-refractivity contribution in [3.05, 3.63) is 42.5 Å². The Morgan fingerprint density at radius 2 is 1.80 bits per heavy atom. The largest absolute Gasteiger partial charge is 0.497 e. The molecule has 0 saturated carbocycles. The monoisotopic (exact) mass is 269 g/mol. The van der Waals surface area contributed by atoms with Crippen LogP contribution in [0.1, 0.15) is 12.8 Å². The van der Waals surface area contributed by atoms with Crippen molar-refractivity contribution in [3.63, 3.8) is 0 Å². The quantitative estimate of drug-likeness (QED) is 0.718. The number of unbranched alkanes of at least 4 members (excludes halogenated alkanes) is 1. The fourth-order valence-corrected chi connectivity index (χ4v) is 2.78. The van der Waals surface area contributed by atoms with Gasteiger partial charge in [0, 0.05) is 35.0 Å². The molecule has 1 N–H and O–H groups in total. The minimum Gasteiger partial charge on any atom is -0.497 e. The Bertz CT molecular complexity index is 730. The third kappa shape index (κ3) is 2.14. The van der Waals surface area contributed by atoms with Gasteiger partial charge in [0.1, 0.15) is 5.75 Å². The number of aryl methyl sites for hydroxylation is 1. The first-order valence-electron chi connectivity index (χ1n) is 7.01. The number of methoxy groups -OCH3 is 1. The number of benzene rings is 2. The maximum atomic E-state index is 8.96. The van der Waals surface area contributed by atoms with Crippen molar-refractivity contribution in [3.8, 4) is 5.75 Å². The molecule has 0 aliphatic carbocycles. The molecule has 0 aliphatic rings. The van der Waals surface area contributed by atoms with E-state index < -0.39 is 0 Å². The van der Waals surface area contributed by atoms with Gasteiger partial charge in [-0.1, -0.05) is 18.2 Å². The molecule has 3 heteroatoms. The smallest absolute Gasteiger partial charge is 0.119 e. The summed E-state index contributed by atoms with van der Waals surface area (Å²) in [5, 5.41) is 11.4. The first-order valence-corrected chi connectivity index (χ1v) is 7.01. The number of hydrogen-bond acceptors (Lipinski definition) is 2. The van der Waals surface area contributed by atoms with Gasteiger partial charge < -0.3 is 14.4 Å². The van der Waals surface area contributed by atoms with Crippen LogP contribution in [0.4, 0.5) is 0 Å². The van der Waals surface area contributed by atoms with Gasteiger partial charge in [-0.15, -0.1) is 0 Å². The van der Waals surface area contributed by atoms with E-state index in [2.05, 4.69) is 41.0 Å². The Hall–Kier alpha value is -2.00. The molecule has 3 nitrogen and oxygen atoms in total. The fourth-order valence-electron chi connectivity index (χ4n) is 2.78. The molecular formula is C17H19NO2. The van der Waals surface area contributed by atoms with Gasteiger partial charge in [0.15, 0.2) is 0 Å². The number of rotatable bonds is 5. The Balaban J connectivity index is 2.19. The third-order valence-electron chi connectivity index (χ3n) is 3.77. The maximum Gasteiger partial charge on any atom is 0.119 e. The van der Waals surface area contributed by atoms with Crippen LogP contribution in [0.25, 0.3) is 21.8 Å². The number of aliphatic hydroxyl groups is 1. The molecule has 1 heterocycles. The third-order valence-corrected chi connectivity index (χ3v) is 3.77. The average molecular weight is 269 g/mol. The van der Waals surface area contributed by atoms with Gasteiger partial charge >= 0.3 is 0 Å². The van der Waals surface area contributed by atoms with Gasteiger partial charge in [0.2, 0.25) is 0 Å². The normalized spacial score (nSPS) is 11.3. The van der Waals surface area contributed by atoms with Crippen molar-refractivity contribution in [2.45, 2.75) is 19.4 Å². The maximum absolute atomic E-state index is 8.96. The molecule has 0 atom stereocenters. The molecule has 0 fully saturated rings. The molecule has 0 radical (unpaired) electrons. The Kier molecular flexibility index (Phi) is 3.61. The van der Waals surface area contributed by atoms with Crippen molar-refractivity contribution in [2.75, 3.05) is 13.7 Å². The average Bonchev–Trinajstić information content (AvgIpc) is 2.81. The Labute approximate surface area is 118 Å². The zero-order valence-corrected chi connectivity index (χ0v) is 11.7. The number of hydrogen-bond donors (Lipinski definition) is 1. The molecule has 0 amide bonds. The zero-order valence-electron chi connectivity index (χ0n) is 11.7. The van der Waals surface area contributed by atoms with Crippen molar-refractivity contribution in [1.29, 1.82) is 0 Å². The summed E-state index contributed by atoms with van der Waals surface area (Å²) >= 11 is 0. The number of aromatic nitrogens is 1. The van der Waals surface area contributed by atoms with Crippen molar-refractivity contribution in [1.82, 2.24) is 4.57 Å². The molecule has 0 aliphatic heterocycles. The molecule has 3 aromatic rings. The first kappa shape index (κ1) is 13.0. The van der Waals surface area contributed by atoms with E-state index in [9.17, 15) is 0 Å². The van der Waals surface area contributed by atoms with E-state index >= 15 is 0 Å². The van der Waals surface area contributed by atoms with Crippen molar-refractivity contribution < 1.29 is 9.84 Å². The van der Waals surface area contributed by atoms with E-state index in [1.165, 1.54) is 21.8 Å². The van der Waals surface area contributed by atoms with Crippen molar-refractivity contribution in [2.24, 2.45) is 0 Å². The van der Waals surface area contributed by atoms with Gasteiger partial charge in [-0.05, 0) is 37.1 Å². The Morgan fingerprint density at radius 3 is 2.60 bits per heavy atom.